The molecule has 2 aromatic rings. The van der Waals surface area contributed by atoms with Crippen molar-refractivity contribution < 1.29 is 23.5 Å². The van der Waals surface area contributed by atoms with Crippen molar-refractivity contribution in [3.63, 3.8) is 0 Å². The van der Waals surface area contributed by atoms with Crippen molar-refractivity contribution >= 4 is 11.8 Å². The molecule has 1 aliphatic rings. The van der Waals surface area contributed by atoms with Crippen LogP contribution in [-0.2, 0) is 11.2 Å². The zero-order chi connectivity index (χ0) is 16.9. The number of ether oxygens (including phenoxy) is 2. The van der Waals surface area contributed by atoms with Crippen LogP contribution in [0.3, 0.4) is 0 Å². The van der Waals surface area contributed by atoms with E-state index in [1.54, 1.807) is 19.1 Å². The van der Waals surface area contributed by atoms with Crippen LogP contribution in [0.5, 0.6) is 11.5 Å². The maximum atomic E-state index is 12.0. The molecule has 126 valence electrons. The number of nitrogens with one attached hydrogen (secondary N) is 2. The Bertz CT molecular complexity index is 727. The molecule has 0 aliphatic carbocycles. The number of amides is 2. The minimum absolute atomic E-state index is 0.176. The average molecular weight is 330 g/mol. The Morgan fingerprint density at radius 2 is 2.04 bits per heavy atom. The predicted molar refractivity (Wildman–Crippen MR) is 84.9 cm³/mol. The van der Waals surface area contributed by atoms with E-state index in [1.165, 1.54) is 6.26 Å². The summed E-state index contributed by atoms with van der Waals surface area (Å²) >= 11 is 0. The second-order valence-electron chi connectivity index (χ2n) is 5.40. The van der Waals surface area contributed by atoms with Gasteiger partial charge < -0.3 is 24.5 Å². The molecule has 0 saturated carbocycles. The van der Waals surface area contributed by atoms with E-state index in [2.05, 4.69) is 10.6 Å². The van der Waals surface area contributed by atoms with Crippen LogP contribution in [0.25, 0.3) is 0 Å². The minimum Gasteiger partial charge on any atom is -0.459 e. The van der Waals surface area contributed by atoms with Gasteiger partial charge >= 0.3 is 0 Å². The molecule has 2 heterocycles. The highest BCUT2D eigenvalue weighted by molar-refractivity contribution is 5.95. The standard InChI is InChI=1S/C17H18N2O5/c1-11(19-17(21)14-3-2-8-22-14)16(20)18-7-6-12-4-5-13-15(9-12)24-10-23-13/h2-5,8-9,11H,6-7,10H2,1H3,(H,18,20)(H,19,21)/t11-/m0/s1. The molecule has 2 amide bonds. The first-order valence-electron chi connectivity index (χ1n) is 7.64. The van der Waals surface area contributed by atoms with Crippen LogP contribution in [0.15, 0.2) is 41.0 Å². The topological polar surface area (TPSA) is 89.8 Å². The zero-order valence-corrected chi connectivity index (χ0v) is 13.2. The Kier molecular flexibility index (Phi) is 4.69. The van der Waals surface area contributed by atoms with Crippen LogP contribution in [0.1, 0.15) is 23.0 Å². The van der Waals surface area contributed by atoms with Gasteiger partial charge in [-0.1, -0.05) is 6.07 Å². The molecule has 1 aromatic carbocycles. The molecule has 0 spiro atoms. The number of furan rings is 1. The van der Waals surface area contributed by atoms with Gasteiger partial charge in [-0.3, -0.25) is 9.59 Å². The van der Waals surface area contributed by atoms with Crippen molar-refractivity contribution in [2.24, 2.45) is 0 Å². The highest BCUT2D eigenvalue weighted by Gasteiger charge is 2.18. The van der Waals surface area contributed by atoms with Gasteiger partial charge in [-0.25, -0.2) is 0 Å². The lowest BCUT2D eigenvalue weighted by Crippen LogP contribution is -2.45. The van der Waals surface area contributed by atoms with Gasteiger partial charge in [-0.15, -0.1) is 0 Å². The molecule has 7 heteroatoms. The molecule has 0 fully saturated rings. The van der Waals surface area contributed by atoms with Crippen LogP contribution in [0, 0.1) is 0 Å². The van der Waals surface area contributed by atoms with E-state index in [0.29, 0.717) is 13.0 Å². The summed E-state index contributed by atoms with van der Waals surface area (Å²) in [6.45, 7) is 2.32. The van der Waals surface area contributed by atoms with Gasteiger partial charge in [-0.05, 0) is 43.2 Å². The largest absolute Gasteiger partial charge is 0.459 e. The van der Waals surface area contributed by atoms with Crippen LogP contribution in [0.2, 0.25) is 0 Å². The van der Waals surface area contributed by atoms with Crippen LogP contribution in [0.4, 0.5) is 0 Å². The SMILES string of the molecule is C[C@H](NC(=O)c1ccco1)C(=O)NCCc1ccc2c(c1)OCO2. The second kappa shape index (κ2) is 7.08. The van der Waals surface area contributed by atoms with E-state index < -0.39 is 11.9 Å². The number of hydrogen-bond acceptors (Lipinski definition) is 5. The van der Waals surface area contributed by atoms with Crippen LogP contribution >= 0.6 is 0 Å². The summed E-state index contributed by atoms with van der Waals surface area (Å²) in [5.41, 5.74) is 1.03. The van der Waals surface area contributed by atoms with Gasteiger partial charge in [0.2, 0.25) is 12.7 Å². The third-order valence-electron chi connectivity index (χ3n) is 3.64. The second-order valence-corrected chi connectivity index (χ2v) is 5.40. The summed E-state index contributed by atoms with van der Waals surface area (Å²) in [7, 11) is 0. The Labute approximate surface area is 138 Å². The zero-order valence-electron chi connectivity index (χ0n) is 13.2. The normalized spacial score (nSPS) is 13.4. The molecule has 0 radical (unpaired) electrons. The van der Waals surface area contributed by atoms with Crippen molar-refractivity contribution in [3.05, 3.63) is 47.9 Å². The molecular weight excluding hydrogens is 312 g/mol. The Balaban J connectivity index is 1.44. The van der Waals surface area contributed by atoms with Crippen molar-refractivity contribution in [2.75, 3.05) is 13.3 Å². The van der Waals surface area contributed by atoms with Gasteiger partial charge in [0.25, 0.3) is 5.91 Å². The lowest BCUT2D eigenvalue weighted by Gasteiger charge is -2.13. The van der Waals surface area contributed by atoms with Crippen molar-refractivity contribution in [1.29, 1.82) is 0 Å². The third kappa shape index (κ3) is 3.68. The summed E-state index contributed by atoms with van der Waals surface area (Å²) in [5.74, 6) is 0.957. The quantitative estimate of drug-likeness (QED) is 0.837. The molecule has 1 aliphatic heterocycles. The fourth-order valence-electron chi connectivity index (χ4n) is 2.32. The molecule has 1 atom stereocenters. The van der Waals surface area contributed by atoms with E-state index in [0.717, 1.165) is 17.1 Å². The number of carbonyl (C=O) groups is 2. The molecule has 2 N–H and O–H groups in total. The monoisotopic (exact) mass is 330 g/mol. The van der Waals surface area contributed by atoms with E-state index in [-0.39, 0.29) is 18.5 Å². The first-order valence-corrected chi connectivity index (χ1v) is 7.64. The molecular formula is C17H18N2O5. The molecule has 3 rings (SSSR count). The minimum atomic E-state index is -0.653. The van der Waals surface area contributed by atoms with E-state index in [9.17, 15) is 9.59 Å². The smallest absolute Gasteiger partial charge is 0.287 e. The fourth-order valence-corrected chi connectivity index (χ4v) is 2.32. The van der Waals surface area contributed by atoms with E-state index in [4.69, 9.17) is 13.9 Å². The average Bonchev–Trinajstić information content (AvgIpc) is 3.25. The van der Waals surface area contributed by atoms with Crippen LogP contribution in [-0.4, -0.2) is 31.2 Å². The third-order valence-corrected chi connectivity index (χ3v) is 3.64. The number of carbonyl (C=O) groups excluding carboxylic acids is 2. The Morgan fingerprint density at radius 1 is 1.21 bits per heavy atom. The molecule has 0 bridgehead atoms. The summed E-state index contributed by atoms with van der Waals surface area (Å²) in [6, 6.07) is 8.19. The highest BCUT2D eigenvalue weighted by Crippen LogP contribution is 2.32. The maximum Gasteiger partial charge on any atom is 0.287 e. The van der Waals surface area contributed by atoms with E-state index in [1.807, 2.05) is 18.2 Å². The lowest BCUT2D eigenvalue weighted by atomic mass is 10.1. The number of fused-ring (bicyclic) bond motifs is 1. The molecule has 0 unspecified atom stereocenters. The first-order chi connectivity index (χ1) is 11.6. The number of rotatable bonds is 6. The molecule has 7 nitrogen and oxygen atoms in total. The van der Waals surface area contributed by atoms with E-state index >= 15 is 0 Å². The summed E-state index contributed by atoms with van der Waals surface area (Å²) < 4.78 is 15.6. The Hall–Kier alpha value is -2.96. The lowest BCUT2D eigenvalue weighted by molar-refractivity contribution is -0.122. The first kappa shape index (κ1) is 15.9. The summed E-state index contributed by atoms with van der Waals surface area (Å²) in [5, 5.41) is 5.38. The predicted octanol–water partition coefficient (Wildman–Crippen LogP) is 1.49. The van der Waals surface area contributed by atoms with Gasteiger partial charge in [0.15, 0.2) is 17.3 Å². The maximum absolute atomic E-state index is 12.0. The molecule has 1 aromatic heterocycles. The highest BCUT2D eigenvalue weighted by atomic mass is 16.7. The van der Waals surface area contributed by atoms with Gasteiger partial charge in [-0.2, -0.15) is 0 Å². The van der Waals surface area contributed by atoms with Crippen molar-refractivity contribution in [3.8, 4) is 11.5 Å². The van der Waals surface area contributed by atoms with Crippen molar-refractivity contribution in [2.45, 2.75) is 19.4 Å². The fraction of sp³-hybridized carbons (Fsp3) is 0.294. The molecule has 0 saturated heterocycles. The van der Waals surface area contributed by atoms with Crippen LogP contribution < -0.4 is 20.1 Å². The summed E-state index contributed by atoms with van der Waals surface area (Å²) in [4.78, 5) is 23.8. The Morgan fingerprint density at radius 3 is 2.83 bits per heavy atom. The van der Waals surface area contributed by atoms with Crippen molar-refractivity contribution in [1.82, 2.24) is 10.6 Å². The summed E-state index contributed by atoms with van der Waals surface area (Å²) in [6.07, 6.45) is 2.06. The molecule has 24 heavy (non-hydrogen) atoms. The number of hydrogen-bond donors (Lipinski definition) is 2. The van der Waals surface area contributed by atoms with Gasteiger partial charge in [0.05, 0.1) is 6.26 Å². The van der Waals surface area contributed by atoms with Gasteiger partial charge in [0.1, 0.15) is 6.04 Å². The van der Waals surface area contributed by atoms with Gasteiger partial charge in [0, 0.05) is 6.54 Å². The number of benzene rings is 1.